The Balaban J connectivity index is 1.72. The van der Waals surface area contributed by atoms with E-state index in [1.165, 1.54) is 0 Å². The van der Waals surface area contributed by atoms with Gasteiger partial charge in [0.05, 0.1) is 35.7 Å². The number of carbonyl (C=O) groups is 2. The molecule has 2 aromatic rings. The summed E-state index contributed by atoms with van der Waals surface area (Å²) >= 11 is 0. The molecule has 0 radical (unpaired) electrons. The monoisotopic (exact) mass is 383 g/mol. The van der Waals surface area contributed by atoms with Crippen molar-refractivity contribution in [3.8, 4) is 0 Å². The summed E-state index contributed by atoms with van der Waals surface area (Å²) in [4.78, 5) is 27.8. The molecule has 0 aromatic heterocycles. The van der Waals surface area contributed by atoms with Crippen molar-refractivity contribution < 1.29 is 24.3 Å². The van der Waals surface area contributed by atoms with Crippen LogP contribution in [0.4, 0.5) is 17.1 Å². The SMILES string of the molecule is CCOC(=O)c1ccc(Nc2cccc(C3=NOC(CC(=O)O)C3)c2)c(N)c1. The van der Waals surface area contributed by atoms with Gasteiger partial charge in [-0.1, -0.05) is 17.3 Å². The maximum Gasteiger partial charge on any atom is 0.338 e. The van der Waals surface area contributed by atoms with Crippen LogP contribution in [0.1, 0.15) is 35.7 Å². The number of carboxylic acids is 1. The second-order valence-electron chi connectivity index (χ2n) is 6.30. The summed E-state index contributed by atoms with van der Waals surface area (Å²) in [5.41, 5.74) is 9.82. The van der Waals surface area contributed by atoms with Crippen molar-refractivity contribution >= 4 is 34.7 Å². The first kappa shape index (κ1) is 19.2. The van der Waals surface area contributed by atoms with E-state index in [1.54, 1.807) is 25.1 Å². The van der Waals surface area contributed by atoms with E-state index in [0.29, 0.717) is 35.7 Å². The van der Waals surface area contributed by atoms with Crippen LogP contribution in [0.25, 0.3) is 0 Å². The molecule has 146 valence electrons. The van der Waals surface area contributed by atoms with Gasteiger partial charge in [-0.25, -0.2) is 4.79 Å². The first-order valence-electron chi connectivity index (χ1n) is 8.85. The lowest BCUT2D eigenvalue weighted by Gasteiger charge is -2.12. The van der Waals surface area contributed by atoms with Gasteiger partial charge in [-0.2, -0.15) is 0 Å². The molecule has 0 aliphatic carbocycles. The van der Waals surface area contributed by atoms with Gasteiger partial charge in [0, 0.05) is 17.7 Å². The van der Waals surface area contributed by atoms with E-state index in [4.69, 9.17) is 20.4 Å². The van der Waals surface area contributed by atoms with Crippen LogP contribution in [0, 0.1) is 0 Å². The quantitative estimate of drug-likeness (QED) is 0.496. The van der Waals surface area contributed by atoms with Gasteiger partial charge in [-0.05, 0) is 37.3 Å². The van der Waals surface area contributed by atoms with Gasteiger partial charge in [0.1, 0.15) is 6.10 Å². The second-order valence-corrected chi connectivity index (χ2v) is 6.30. The molecular weight excluding hydrogens is 362 g/mol. The van der Waals surface area contributed by atoms with Gasteiger partial charge in [0.15, 0.2) is 0 Å². The average Bonchev–Trinajstić information content (AvgIpc) is 3.11. The van der Waals surface area contributed by atoms with Gasteiger partial charge in [-0.15, -0.1) is 0 Å². The van der Waals surface area contributed by atoms with E-state index < -0.39 is 18.0 Å². The average molecular weight is 383 g/mol. The van der Waals surface area contributed by atoms with E-state index >= 15 is 0 Å². The molecule has 1 atom stereocenters. The maximum absolute atomic E-state index is 11.8. The third-order valence-corrected chi connectivity index (χ3v) is 4.17. The molecule has 1 heterocycles. The normalized spacial score (nSPS) is 15.5. The van der Waals surface area contributed by atoms with Crippen molar-refractivity contribution in [2.24, 2.45) is 5.16 Å². The Morgan fingerprint density at radius 1 is 1.32 bits per heavy atom. The third kappa shape index (κ3) is 4.59. The molecule has 3 rings (SSSR count). The van der Waals surface area contributed by atoms with E-state index in [1.807, 2.05) is 24.3 Å². The molecule has 28 heavy (non-hydrogen) atoms. The first-order chi connectivity index (χ1) is 13.5. The summed E-state index contributed by atoms with van der Waals surface area (Å²) in [5.74, 6) is -1.34. The summed E-state index contributed by atoms with van der Waals surface area (Å²) in [5, 5.41) is 16.1. The van der Waals surface area contributed by atoms with Gasteiger partial charge in [-0.3, -0.25) is 4.79 Å². The zero-order valence-corrected chi connectivity index (χ0v) is 15.3. The van der Waals surface area contributed by atoms with Crippen molar-refractivity contribution in [2.45, 2.75) is 25.9 Å². The molecule has 4 N–H and O–H groups in total. The number of nitrogens with two attached hydrogens (primary N) is 1. The number of nitrogens with one attached hydrogen (secondary N) is 1. The van der Waals surface area contributed by atoms with Crippen molar-refractivity contribution in [3.63, 3.8) is 0 Å². The molecule has 8 nitrogen and oxygen atoms in total. The van der Waals surface area contributed by atoms with Gasteiger partial charge in [0.25, 0.3) is 0 Å². The number of ether oxygens (including phenoxy) is 1. The Labute approximate surface area is 161 Å². The summed E-state index contributed by atoms with van der Waals surface area (Å²) < 4.78 is 4.97. The molecule has 8 heteroatoms. The van der Waals surface area contributed by atoms with Crippen LogP contribution in [0.15, 0.2) is 47.6 Å². The number of hydrogen-bond donors (Lipinski definition) is 3. The van der Waals surface area contributed by atoms with Crippen LogP contribution in [0.5, 0.6) is 0 Å². The highest BCUT2D eigenvalue weighted by Gasteiger charge is 2.24. The Hall–Kier alpha value is -3.55. The first-order valence-corrected chi connectivity index (χ1v) is 8.85. The smallest absolute Gasteiger partial charge is 0.338 e. The largest absolute Gasteiger partial charge is 0.481 e. The van der Waals surface area contributed by atoms with E-state index in [0.717, 1.165) is 11.3 Å². The number of nitrogen functional groups attached to an aromatic ring is 1. The molecule has 0 amide bonds. The molecule has 1 unspecified atom stereocenters. The Kier molecular flexibility index (Phi) is 5.78. The Morgan fingerprint density at radius 2 is 2.14 bits per heavy atom. The zero-order chi connectivity index (χ0) is 20.1. The molecule has 0 saturated heterocycles. The number of oxime groups is 1. The Bertz CT molecular complexity index is 926. The van der Waals surface area contributed by atoms with Crippen LogP contribution in [0.3, 0.4) is 0 Å². The number of nitrogens with zero attached hydrogens (tertiary/aromatic N) is 1. The minimum absolute atomic E-state index is 0.0890. The third-order valence-electron chi connectivity index (χ3n) is 4.17. The standard InChI is InChI=1S/C20H21N3O5/c1-2-27-20(26)13-6-7-17(16(21)9-13)22-14-5-3-4-12(8-14)18-10-15(28-23-18)11-19(24)25/h3-9,15,22H,2,10-11,21H2,1H3,(H,24,25). The molecule has 0 spiro atoms. The molecular formula is C20H21N3O5. The van der Waals surface area contributed by atoms with Crippen LogP contribution in [-0.2, 0) is 14.4 Å². The molecule has 0 fully saturated rings. The highest BCUT2D eigenvalue weighted by atomic mass is 16.6. The van der Waals surface area contributed by atoms with Gasteiger partial charge < -0.3 is 25.7 Å². The molecule has 1 aliphatic heterocycles. The van der Waals surface area contributed by atoms with Gasteiger partial charge in [0.2, 0.25) is 0 Å². The lowest BCUT2D eigenvalue weighted by molar-refractivity contribution is -0.139. The van der Waals surface area contributed by atoms with Crippen LogP contribution >= 0.6 is 0 Å². The van der Waals surface area contributed by atoms with Crippen molar-refractivity contribution in [1.29, 1.82) is 0 Å². The highest BCUT2D eigenvalue weighted by molar-refractivity contribution is 6.02. The van der Waals surface area contributed by atoms with E-state index in [-0.39, 0.29) is 6.42 Å². The summed E-state index contributed by atoms with van der Waals surface area (Å²) in [7, 11) is 0. The molecule has 0 bridgehead atoms. The van der Waals surface area contributed by atoms with Gasteiger partial charge >= 0.3 is 11.9 Å². The lowest BCUT2D eigenvalue weighted by Crippen LogP contribution is -2.13. The second kappa shape index (κ2) is 8.43. The number of benzene rings is 2. The number of rotatable bonds is 7. The lowest BCUT2D eigenvalue weighted by atomic mass is 10.0. The Morgan fingerprint density at radius 3 is 2.86 bits per heavy atom. The number of carbonyl (C=O) groups excluding carboxylic acids is 1. The predicted molar refractivity (Wildman–Crippen MR) is 105 cm³/mol. The molecule has 2 aromatic carbocycles. The van der Waals surface area contributed by atoms with Crippen LogP contribution in [0.2, 0.25) is 0 Å². The summed E-state index contributed by atoms with van der Waals surface area (Å²) in [6.45, 7) is 2.04. The minimum atomic E-state index is -0.918. The summed E-state index contributed by atoms with van der Waals surface area (Å²) in [6, 6.07) is 12.4. The number of hydrogen-bond acceptors (Lipinski definition) is 7. The van der Waals surface area contributed by atoms with Crippen LogP contribution in [-0.4, -0.2) is 35.5 Å². The molecule has 0 saturated carbocycles. The van der Waals surface area contributed by atoms with Crippen molar-refractivity contribution in [2.75, 3.05) is 17.7 Å². The number of esters is 1. The maximum atomic E-state index is 11.8. The summed E-state index contributed by atoms with van der Waals surface area (Å²) in [6.07, 6.45) is -0.101. The van der Waals surface area contributed by atoms with Crippen molar-refractivity contribution in [1.82, 2.24) is 0 Å². The fourth-order valence-electron chi connectivity index (χ4n) is 2.85. The molecule has 1 aliphatic rings. The van der Waals surface area contributed by atoms with E-state index in [9.17, 15) is 9.59 Å². The van der Waals surface area contributed by atoms with Crippen LogP contribution < -0.4 is 11.1 Å². The van der Waals surface area contributed by atoms with E-state index in [2.05, 4.69) is 10.5 Å². The minimum Gasteiger partial charge on any atom is -0.481 e. The number of carboxylic acid groups (broad SMARTS) is 1. The highest BCUT2D eigenvalue weighted by Crippen LogP contribution is 2.26. The fourth-order valence-corrected chi connectivity index (χ4v) is 2.85. The fraction of sp³-hybridized carbons (Fsp3) is 0.250. The number of anilines is 3. The number of aliphatic carboxylic acids is 1. The zero-order valence-electron chi connectivity index (χ0n) is 15.3. The predicted octanol–water partition coefficient (Wildman–Crippen LogP) is 3.16. The topological polar surface area (TPSA) is 123 Å². The van der Waals surface area contributed by atoms with Crippen molar-refractivity contribution in [3.05, 3.63) is 53.6 Å².